The van der Waals surface area contributed by atoms with Gasteiger partial charge in [0, 0.05) is 0 Å². The molecule has 2 aromatic carbocycles. The lowest BCUT2D eigenvalue weighted by Gasteiger charge is -2.21. The van der Waals surface area contributed by atoms with Crippen molar-refractivity contribution >= 4 is 49.7 Å². The van der Waals surface area contributed by atoms with Crippen molar-refractivity contribution in [3.8, 4) is 0 Å². The summed E-state index contributed by atoms with van der Waals surface area (Å²) < 4.78 is 42.5. The van der Waals surface area contributed by atoms with Gasteiger partial charge in [-0.25, -0.2) is 8.42 Å². The van der Waals surface area contributed by atoms with E-state index in [2.05, 4.69) is 23.8 Å². The van der Waals surface area contributed by atoms with Crippen LogP contribution in [0.2, 0.25) is 0 Å². The van der Waals surface area contributed by atoms with E-state index in [1.165, 1.54) is 6.07 Å². The molecular weight excluding hydrogens is 456 g/mol. The molecule has 1 unspecified atom stereocenters. The van der Waals surface area contributed by atoms with Crippen molar-refractivity contribution in [3.05, 3.63) is 52.8 Å². The van der Waals surface area contributed by atoms with Gasteiger partial charge in [-0.1, -0.05) is 37.3 Å². The Kier molecular flexibility index (Phi) is 5.95. The summed E-state index contributed by atoms with van der Waals surface area (Å²) in [6, 6.07) is 10.0. The van der Waals surface area contributed by atoms with Crippen LogP contribution in [-0.2, 0) is 26.3 Å². The Labute approximate surface area is 186 Å². The molecule has 0 aliphatic carbocycles. The van der Waals surface area contributed by atoms with Crippen molar-refractivity contribution in [1.82, 2.24) is 28.5 Å². The van der Waals surface area contributed by atoms with Crippen molar-refractivity contribution in [3.63, 3.8) is 0 Å². The van der Waals surface area contributed by atoms with Crippen molar-refractivity contribution in [1.29, 1.82) is 0 Å². The maximum absolute atomic E-state index is 13.0. The highest BCUT2D eigenvalue weighted by Gasteiger charge is 2.31. The average molecular weight is 475 g/mol. The van der Waals surface area contributed by atoms with Crippen molar-refractivity contribution in [2.24, 2.45) is 5.92 Å². The molecular formula is C19H18N6O5S2. The molecule has 0 aliphatic heterocycles. The lowest BCUT2D eigenvalue weighted by molar-refractivity contribution is -0.151. The Balaban J connectivity index is 1.54. The molecule has 13 heteroatoms. The lowest BCUT2D eigenvalue weighted by Crippen LogP contribution is -2.45. The van der Waals surface area contributed by atoms with E-state index in [-0.39, 0.29) is 10.4 Å². The van der Waals surface area contributed by atoms with Gasteiger partial charge >= 0.3 is 5.97 Å². The number of esters is 1. The number of hydrogen-bond donors (Lipinski definition) is 1. The Morgan fingerprint density at radius 3 is 2.66 bits per heavy atom. The van der Waals surface area contributed by atoms with Crippen LogP contribution in [0.1, 0.15) is 13.8 Å². The Bertz CT molecular complexity index is 1460. The number of hydrogen-bond acceptors (Lipinski definition) is 10. The first-order valence-electron chi connectivity index (χ1n) is 9.51. The van der Waals surface area contributed by atoms with E-state index in [1.807, 2.05) is 0 Å². The second-order valence-corrected chi connectivity index (χ2v) is 9.45. The first-order chi connectivity index (χ1) is 15.3. The van der Waals surface area contributed by atoms with E-state index in [4.69, 9.17) is 4.74 Å². The summed E-state index contributed by atoms with van der Waals surface area (Å²) in [4.78, 5) is 25.1. The normalized spacial score (nSPS) is 13.0. The van der Waals surface area contributed by atoms with E-state index < -0.39 is 40.2 Å². The highest BCUT2D eigenvalue weighted by atomic mass is 32.2. The monoisotopic (exact) mass is 474 g/mol. The average Bonchev–Trinajstić information content (AvgIpc) is 3.26. The van der Waals surface area contributed by atoms with Crippen molar-refractivity contribution in [2.45, 2.75) is 31.5 Å². The molecule has 1 N–H and O–H groups in total. The van der Waals surface area contributed by atoms with Crippen LogP contribution in [0.3, 0.4) is 0 Å². The van der Waals surface area contributed by atoms with Crippen LogP contribution < -0.4 is 10.3 Å². The number of fused-ring (bicyclic) bond motifs is 2. The largest absolute Gasteiger partial charge is 0.441 e. The maximum Gasteiger partial charge on any atom is 0.326 e. The summed E-state index contributed by atoms with van der Waals surface area (Å²) in [6.07, 6.45) is 0. The third kappa shape index (κ3) is 4.22. The third-order valence-corrected chi connectivity index (χ3v) is 6.71. The Hall–Kier alpha value is -3.29. The summed E-state index contributed by atoms with van der Waals surface area (Å²) in [5, 5.41) is 8.00. The van der Waals surface area contributed by atoms with E-state index in [0.717, 1.165) is 16.4 Å². The van der Waals surface area contributed by atoms with Crippen LogP contribution >= 0.6 is 11.7 Å². The molecule has 4 rings (SSSR count). The SMILES string of the molecule is CC(C)C(NS(=O)(=O)c1cccc2nsnc12)C(=O)OCn1nnc2ccccc2c1=O. The number of benzene rings is 2. The van der Waals surface area contributed by atoms with Crippen LogP contribution in [0, 0.1) is 5.92 Å². The van der Waals surface area contributed by atoms with Gasteiger partial charge in [0.1, 0.15) is 27.5 Å². The van der Waals surface area contributed by atoms with Crippen LogP contribution in [0.5, 0.6) is 0 Å². The Morgan fingerprint density at radius 2 is 1.88 bits per heavy atom. The van der Waals surface area contributed by atoms with E-state index in [0.29, 0.717) is 16.4 Å². The quantitative estimate of drug-likeness (QED) is 0.392. The molecule has 0 bridgehead atoms. The topological polar surface area (TPSA) is 146 Å². The summed E-state index contributed by atoms with van der Waals surface area (Å²) in [5.41, 5.74) is 0.598. The van der Waals surface area contributed by atoms with Crippen LogP contribution in [0.15, 0.2) is 52.2 Å². The zero-order valence-electron chi connectivity index (χ0n) is 17.0. The molecule has 2 heterocycles. The Morgan fingerprint density at radius 1 is 1.12 bits per heavy atom. The summed E-state index contributed by atoms with van der Waals surface area (Å²) in [5.74, 6) is -1.29. The summed E-state index contributed by atoms with van der Waals surface area (Å²) in [6.45, 7) is 2.83. The molecule has 166 valence electrons. The van der Waals surface area contributed by atoms with Gasteiger partial charge in [-0.05, 0) is 30.2 Å². The summed E-state index contributed by atoms with van der Waals surface area (Å²) >= 11 is 0.893. The van der Waals surface area contributed by atoms with Gasteiger partial charge in [-0.2, -0.15) is 18.2 Å². The zero-order valence-corrected chi connectivity index (χ0v) is 18.6. The van der Waals surface area contributed by atoms with Crippen molar-refractivity contribution < 1.29 is 17.9 Å². The van der Waals surface area contributed by atoms with Gasteiger partial charge in [0.15, 0.2) is 6.73 Å². The minimum atomic E-state index is -4.11. The molecule has 1 atom stereocenters. The minimum Gasteiger partial charge on any atom is -0.441 e. The second kappa shape index (κ2) is 8.68. The predicted molar refractivity (Wildman–Crippen MR) is 116 cm³/mol. The fraction of sp³-hybridized carbons (Fsp3) is 0.263. The van der Waals surface area contributed by atoms with Crippen LogP contribution in [0.25, 0.3) is 21.9 Å². The number of nitrogens with zero attached hydrogens (tertiary/aromatic N) is 5. The van der Waals surface area contributed by atoms with Gasteiger partial charge in [0.05, 0.1) is 17.1 Å². The van der Waals surface area contributed by atoms with E-state index in [9.17, 15) is 18.0 Å². The molecule has 0 saturated heterocycles. The molecule has 0 aliphatic rings. The number of nitrogens with one attached hydrogen (secondary N) is 1. The fourth-order valence-electron chi connectivity index (χ4n) is 3.01. The van der Waals surface area contributed by atoms with E-state index in [1.54, 1.807) is 50.2 Å². The number of aromatic nitrogens is 5. The maximum atomic E-state index is 13.0. The standard InChI is InChI=1S/C19H18N6O5S2/c1-11(2)16(23-32(28,29)15-9-5-8-14-17(15)22-31-21-14)19(27)30-10-25-18(26)12-6-3-4-7-13(12)20-24-25/h3-9,11,16,23H,10H2,1-2H3. The number of carbonyl (C=O) groups excluding carboxylic acids is 1. The molecule has 0 saturated carbocycles. The first-order valence-corrected chi connectivity index (χ1v) is 11.7. The molecule has 4 aromatic rings. The van der Waals surface area contributed by atoms with Gasteiger partial charge in [0.2, 0.25) is 10.0 Å². The molecule has 32 heavy (non-hydrogen) atoms. The third-order valence-electron chi connectivity index (χ3n) is 4.70. The number of carbonyl (C=O) groups is 1. The predicted octanol–water partition coefficient (Wildman–Crippen LogP) is 1.30. The van der Waals surface area contributed by atoms with E-state index >= 15 is 0 Å². The number of sulfonamides is 1. The first kappa shape index (κ1) is 21.9. The highest BCUT2D eigenvalue weighted by Crippen LogP contribution is 2.22. The minimum absolute atomic E-state index is 0.0844. The fourth-order valence-corrected chi connectivity index (χ4v) is 5.11. The lowest BCUT2D eigenvalue weighted by atomic mass is 10.1. The molecule has 0 fully saturated rings. The van der Waals surface area contributed by atoms with Crippen LogP contribution in [0.4, 0.5) is 0 Å². The highest BCUT2D eigenvalue weighted by molar-refractivity contribution is 7.89. The van der Waals surface area contributed by atoms with Gasteiger partial charge in [0.25, 0.3) is 5.56 Å². The van der Waals surface area contributed by atoms with Gasteiger partial charge in [-0.15, -0.1) is 5.10 Å². The number of ether oxygens (including phenoxy) is 1. The molecule has 11 nitrogen and oxygen atoms in total. The molecule has 0 spiro atoms. The number of rotatable bonds is 7. The molecule has 2 aromatic heterocycles. The molecule has 0 radical (unpaired) electrons. The van der Waals surface area contributed by atoms with Crippen LogP contribution in [-0.4, -0.2) is 44.2 Å². The van der Waals surface area contributed by atoms with Crippen molar-refractivity contribution in [2.75, 3.05) is 0 Å². The summed E-state index contributed by atoms with van der Waals surface area (Å²) in [7, 11) is -4.11. The smallest absolute Gasteiger partial charge is 0.326 e. The van der Waals surface area contributed by atoms with Gasteiger partial charge in [-0.3, -0.25) is 9.59 Å². The van der Waals surface area contributed by atoms with Gasteiger partial charge < -0.3 is 4.74 Å². The second-order valence-electron chi connectivity index (χ2n) is 7.23. The molecule has 0 amide bonds. The zero-order chi connectivity index (χ0) is 22.9.